The molecule has 1 heterocycles. The predicted octanol–water partition coefficient (Wildman–Crippen LogP) is 4.04. The molecule has 0 unspecified atom stereocenters. The smallest absolute Gasteiger partial charge is 0.268 e. The molecule has 2 aliphatic rings. The standard InChI is InChI=1S/C20H21NO2/c22-19-20(16-10-4-1-5-11-16,17-12-6-2-7-13-17)23-21(19)18-14-8-3-9-15-18/h1-2,4-7,10-13,18H,3,8-9,14-15H2. The lowest BCUT2D eigenvalue weighted by molar-refractivity contribution is -0.316. The molecule has 4 rings (SSSR count). The fourth-order valence-corrected chi connectivity index (χ4v) is 3.76. The molecular weight excluding hydrogens is 286 g/mol. The Morgan fingerprint density at radius 2 is 1.35 bits per heavy atom. The average Bonchev–Trinajstić information content (AvgIpc) is 2.63. The minimum Gasteiger partial charge on any atom is -0.268 e. The molecule has 0 radical (unpaired) electrons. The Labute approximate surface area is 136 Å². The van der Waals surface area contributed by atoms with E-state index in [0.717, 1.165) is 24.0 Å². The van der Waals surface area contributed by atoms with Crippen molar-refractivity contribution in [1.29, 1.82) is 0 Å². The molecule has 1 saturated carbocycles. The van der Waals surface area contributed by atoms with E-state index in [2.05, 4.69) is 0 Å². The summed E-state index contributed by atoms with van der Waals surface area (Å²) in [4.78, 5) is 19.4. The van der Waals surface area contributed by atoms with Crippen molar-refractivity contribution in [3.63, 3.8) is 0 Å². The zero-order valence-electron chi connectivity index (χ0n) is 13.2. The molecule has 1 saturated heterocycles. The second-order valence-corrected chi connectivity index (χ2v) is 6.43. The molecule has 3 nitrogen and oxygen atoms in total. The molecule has 2 aromatic carbocycles. The molecular formula is C20H21NO2. The van der Waals surface area contributed by atoms with Crippen molar-refractivity contribution in [2.45, 2.75) is 43.7 Å². The fraction of sp³-hybridized carbons (Fsp3) is 0.350. The molecule has 1 aliphatic heterocycles. The first-order valence-electron chi connectivity index (χ1n) is 8.46. The second-order valence-electron chi connectivity index (χ2n) is 6.43. The lowest BCUT2D eigenvalue weighted by atomic mass is 9.82. The maximum Gasteiger partial charge on any atom is 0.290 e. The van der Waals surface area contributed by atoms with Crippen LogP contribution < -0.4 is 0 Å². The lowest BCUT2D eigenvalue weighted by Gasteiger charge is -2.51. The number of carbonyl (C=O) groups is 1. The third-order valence-corrected chi connectivity index (χ3v) is 5.00. The van der Waals surface area contributed by atoms with E-state index in [9.17, 15) is 4.79 Å². The molecule has 1 aliphatic carbocycles. The Hall–Kier alpha value is -2.13. The number of carbonyl (C=O) groups excluding carboxylic acids is 1. The van der Waals surface area contributed by atoms with Gasteiger partial charge in [0.15, 0.2) is 0 Å². The summed E-state index contributed by atoms with van der Waals surface area (Å²) in [7, 11) is 0. The maximum absolute atomic E-state index is 13.2. The van der Waals surface area contributed by atoms with Gasteiger partial charge in [0, 0.05) is 11.1 Å². The molecule has 0 N–H and O–H groups in total. The zero-order valence-corrected chi connectivity index (χ0v) is 13.2. The van der Waals surface area contributed by atoms with Crippen molar-refractivity contribution < 1.29 is 9.63 Å². The largest absolute Gasteiger partial charge is 0.290 e. The first-order valence-corrected chi connectivity index (χ1v) is 8.46. The summed E-state index contributed by atoms with van der Waals surface area (Å²) >= 11 is 0. The number of benzene rings is 2. The highest BCUT2D eigenvalue weighted by Gasteiger charge is 2.58. The van der Waals surface area contributed by atoms with Gasteiger partial charge in [0.25, 0.3) is 5.91 Å². The number of hydroxylamine groups is 2. The van der Waals surface area contributed by atoms with Gasteiger partial charge >= 0.3 is 0 Å². The van der Waals surface area contributed by atoms with E-state index < -0.39 is 5.60 Å². The van der Waals surface area contributed by atoms with E-state index in [0.29, 0.717) is 0 Å². The van der Waals surface area contributed by atoms with Gasteiger partial charge < -0.3 is 0 Å². The van der Waals surface area contributed by atoms with Crippen molar-refractivity contribution in [1.82, 2.24) is 5.06 Å². The minimum absolute atomic E-state index is 0.0711. The van der Waals surface area contributed by atoms with Crippen LogP contribution in [0.1, 0.15) is 43.2 Å². The van der Waals surface area contributed by atoms with Gasteiger partial charge in [0.2, 0.25) is 5.60 Å². The van der Waals surface area contributed by atoms with Gasteiger partial charge in [-0.3, -0.25) is 4.79 Å². The van der Waals surface area contributed by atoms with Crippen LogP contribution in [0.4, 0.5) is 0 Å². The molecule has 0 aromatic heterocycles. The van der Waals surface area contributed by atoms with E-state index in [1.807, 2.05) is 60.7 Å². The fourth-order valence-electron chi connectivity index (χ4n) is 3.76. The molecule has 2 aromatic rings. The van der Waals surface area contributed by atoms with Gasteiger partial charge in [0.05, 0.1) is 6.04 Å². The van der Waals surface area contributed by atoms with E-state index in [1.54, 1.807) is 5.06 Å². The van der Waals surface area contributed by atoms with Gasteiger partial charge in [-0.05, 0) is 12.8 Å². The Bertz CT molecular complexity index is 638. The van der Waals surface area contributed by atoms with Gasteiger partial charge in [-0.2, -0.15) is 0 Å². The summed E-state index contributed by atoms with van der Waals surface area (Å²) in [6, 6.07) is 19.9. The molecule has 1 amide bonds. The number of rotatable bonds is 3. The van der Waals surface area contributed by atoms with Crippen LogP contribution in [0.3, 0.4) is 0 Å². The van der Waals surface area contributed by atoms with Crippen LogP contribution in [0.25, 0.3) is 0 Å². The molecule has 0 atom stereocenters. The van der Waals surface area contributed by atoms with Crippen molar-refractivity contribution in [2.75, 3.05) is 0 Å². The zero-order chi connectivity index (χ0) is 15.7. The monoisotopic (exact) mass is 307 g/mol. The van der Waals surface area contributed by atoms with Crippen molar-refractivity contribution in [3.8, 4) is 0 Å². The predicted molar refractivity (Wildman–Crippen MR) is 88.5 cm³/mol. The number of nitrogens with zero attached hydrogens (tertiary/aromatic N) is 1. The molecule has 118 valence electrons. The van der Waals surface area contributed by atoms with Crippen LogP contribution in [-0.2, 0) is 15.2 Å². The third kappa shape index (κ3) is 2.27. The highest BCUT2D eigenvalue weighted by molar-refractivity contribution is 5.93. The van der Waals surface area contributed by atoms with Crippen molar-refractivity contribution in [3.05, 3.63) is 71.8 Å². The van der Waals surface area contributed by atoms with Gasteiger partial charge in [-0.1, -0.05) is 79.9 Å². The topological polar surface area (TPSA) is 29.5 Å². The molecule has 23 heavy (non-hydrogen) atoms. The number of hydrogen-bond donors (Lipinski definition) is 0. The van der Waals surface area contributed by atoms with Crippen LogP contribution in [0.2, 0.25) is 0 Å². The van der Waals surface area contributed by atoms with Crippen molar-refractivity contribution in [2.24, 2.45) is 0 Å². The Balaban J connectivity index is 1.70. The van der Waals surface area contributed by atoms with Crippen molar-refractivity contribution >= 4 is 5.91 Å². The van der Waals surface area contributed by atoms with Crippen LogP contribution in [-0.4, -0.2) is 17.0 Å². The summed E-state index contributed by atoms with van der Waals surface area (Å²) in [5, 5.41) is 1.64. The minimum atomic E-state index is -0.972. The Kier molecular flexibility index (Phi) is 3.66. The highest BCUT2D eigenvalue weighted by atomic mass is 16.7. The molecule has 2 fully saturated rings. The van der Waals surface area contributed by atoms with Gasteiger partial charge in [-0.25, -0.2) is 9.90 Å². The molecule has 0 bridgehead atoms. The highest BCUT2D eigenvalue weighted by Crippen LogP contribution is 2.46. The maximum atomic E-state index is 13.2. The van der Waals surface area contributed by atoms with Crippen LogP contribution in [0.5, 0.6) is 0 Å². The normalized spacial score (nSPS) is 21.0. The van der Waals surface area contributed by atoms with Crippen LogP contribution in [0.15, 0.2) is 60.7 Å². The average molecular weight is 307 g/mol. The van der Waals surface area contributed by atoms with Crippen LogP contribution >= 0.6 is 0 Å². The summed E-state index contributed by atoms with van der Waals surface area (Å²) < 4.78 is 0. The SMILES string of the molecule is O=C1N(C2CCCCC2)OC1(c1ccccc1)c1ccccc1. The van der Waals surface area contributed by atoms with Gasteiger partial charge in [0.1, 0.15) is 0 Å². The lowest BCUT2D eigenvalue weighted by Crippen LogP contribution is -2.65. The third-order valence-electron chi connectivity index (χ3n) is 5.00. The number of amides is 1. The quantitative estimate of drug-likeness (QED) is 0.856. The first kappa shape index (κ1) is 14.5. The summed E-state index contributed by atoms with van der Waals surface area (Å²) in [5.41, 5.74) is 0.839. The summed E-state index contributed by atoms with van der Waals surface area (Å²) in [6.07, 6.45) is 5.72. The summed E-state index contributed by atoms with van der Waals surface area (Å²) in [5.74, 6) is 0.0711. The van der Waals surface area contributed by atoms with E-state index in [4.69, 9.17) is 4.84 Å². The number of hydrogen-bond acceptors (Lipinski definition) is 2. The summed E-state index contributed by atoms with van der Waals surface area (Å²) in [6.45, 7) is 0. The van der Waals surface area contributed by atoms with E-state index in [-0.39, 0.29) is 11.9 Å². The van der Waals surface area contributed by atoms with E-state index in [1.165, 1.54) is 19.3 Å². The van der Waals surface area contributed by atoms with Crippen LogP contribution in [0, 0.1) is 0 Å². The molecule has 3 heteroatoms. The first-order chi connectivity index (χ1) is 11.3. The second kappa shape index (κ2) is 5.82. The molecule has 0 spiro atoms. The Morgan fingerprint density at radius 3 is 1.83 bits per heavy atom. The van der Waals surface area contributed by atoms with Gasteiger partial charge in [-0.15, -0.1) is 0 Å². The Morgan fingerprint density at radius 1 is 0.826 bits per heavy atom. The van der Waals surface area contributed by atoms with E-state index >= 15 is 0 Å².